The van der Waals surface area contributed by atoms with Gasteiger partial charge in [0.1, 0.15) is 36.7 Å². The Labute approximate surface area is 126 Å². The van der Waals surface area contributed by atoms with Crippen molar-refractivity contribution in [2.75, 3.05) is 19.8 Å². The summed E-state index contributed by atoms with van der Waals surface area (Å²) in [5.74, 6) is -0.585. The highest BCUT2D eigenvalue weighted by molar-refractivity contribution is 4.92. The maximum atomic E-state index is 10.1. The van der Waals surface area contributed by atoms with Gasteiger partial charge in [0.2, 0.25) is 0 Å². The molecular weight excluding hydrogens is 302 g/mol. The van der Waals surface area contributed by atoms with Crippen LogP contribution in [-0.2, 0) is 9.47 Å². The number of nitrogens with one attached hydrogen (secondary N) is 1. The number of ether oxygens (including phenoxy) is 2. The van der Waals surface area contributed by atoms with Crippen molar-refractivity contribution in [3.8, 4) is 0 Å². The largest absolute Gasteiger partial charge is 0.396 e. The lowest BCUT2D eigenvalue weighted by atomic mass is 9.93. The molecule has 130 valence electrons. The zero-order valence-corrected chi connectivity index (χ0v) is 11.8. The second-order valence-corrected chi connectivity index (χ2v) is 5.58. The average Bonchev–Trinajstić information content (AvgIpc) is 2.51. The van der Waals surface area contributed by atoms with Crippen LogP contribution in [0.1, 0.15) is 0 Å². The number of hydrogen-bond acceptors (Lipinski definition) is 10. The van der Waals surface area contributed by atoms with E-state index >= 15 is 0 Å². The average molecular weight is 325 g/mol. The molecule has 0 bridgehead atoms. The number of piperidine rings is 1. The minimum absolute atomic E-state index is 0.174. The molecule has 0 aromatic carbocycles. The molecule has 9 atom stereocenters. The Kier molecular flexibility index (Phi) is 6.07. The highest BCUT2D eigenvalue weighted by Crippen LogP contribution is 2.26. The number of rotatable bonds is 4. The number of aliphatic hydroxyl groups is 7. The van der Waals surface area contributed by atoms with E-state index in [1.165, 1.54) is 0 Å². The van der Waals surface area contributed by atoms with E-state index in [0.717, 1.165) is 0 Å². The molecule has 0 aromatic rings. The first-order chi connectivity index (χ1) is 10.4. The van der Waals surface area contributed by atoms with Crippen LogP contribution >= 0.6 is 0 Å². The van der Waals surface area contributed by atoms with E-state index in [2.05, 4.69) is 5.32 Å². The summed E-state index contributed by atoms with van der Waals surface area (Å²) in [7, 11) is 0. The Hall–Kier alpha value is -0.400. The highest BCUT2D eigenvalue weighted by atomic mass is 16.7. The zero-order chi connectivity index (χ0) is 16.4. The lowest BCUT2D eigenvalue weighted by Gasteiger charge is -2.44. The Balaban J connectivity index is 2.07. The van der Waals surface area contributed by atoms with Gasteiger partial charge in [0.25, 0.3) is 0 Å². The topological polar surface area (TPSA) is 172 Å². The molecule has 2 heterocycles. The van der Waals surface area contributed by atoms with E-state index in [1.54, 1.807) is 0 Å². The monoisotopic (exact) mass is 325 g/mol. The summed E-state index contributed by atoms with van der Waals surface area (Å²) < 4.78 is 10.5. The third-order valence-electron chi connectivity index (χ3n) is 4.09. The van der Waals surface area contributed by atoms with E-state index in [0.29, 0.717) is 0 Å². The summed E-state index contributed by atoms with van der Waals surface area (Å²) >= 11 is 0. The van der Waals surface area contributed by atoms with Gasteiger partial charge >= 0.3 is 0 Å². The molecule has 2 aliphatic heterocycles. The molecule has 0 radical (unpaired) electrons. The molecule has 10 nitrogen and oxygen atoms in total. The predicted octanol–water partition coefficient (Wildman–Crippen LogP) is -4.94. The van der Waals surface area contributed by atoms with E-state index in [1.807, 2.05) is 0 Å². The molecule has 2 saturated heterocycles. The first-order valence-electron chi connectivity index (χ1n) is 7.07. The molecule has 0 amide bonds. The van der Waals surface area contributed by atoms with Crippen molar-refractivity contribution in [2.45, 2.75) is 49.1 Å². The lowest BCUT2D eigenvalue weighted by molar-refractivity contribution is -0.329. The summed E-state index contributed by atoms with van der Waals surface area (Å²) in [4.78, 5) is 0. The van der Waals surface area contributed by atoms with Crippen molar-refractivity contribution < 1.29 is 45.2 Å². The minimum Gasteiger partial charge on any atom is -0.396 e. The highest BCUT2D eigenvalue weighted by Gasteiger charge is 2.47. The van der Waals surface area contributed by atoms with Gasteiger partial charge in [0.15, 0.2) is 6.29 Å². The van der Waals surface area contributed by atoms with Crippen molar-refractivity contribution in [3.63, 3.8) is 0 Å². The van der Waals surface area contributed by atoms with Gasteiger partial charge in [0.05, 0.1) is 12.7 Å². The fourth-order valence-electron chi connectivity index (χ4n) is 2.63. The SMILES string of the molecule is OC[C@H]1CN[C@@H](O)[C@@H](O[C@H]2O[C@H](CO)[C@@H](O)[C@H](O)[C@@H]2O)[C@@H]1O. The first kappa shape index (κ1) is 17.9. The van der Waals surface area contributed by atoms with Crippen molar-refractivity contribution in [2.24, 2.45) is 5.92 Å². The van der Waals surface area contributed by atoms with E-state index in [4.69, 9.17) is 19.7 Å². The van der Waals surface area contributed by atoms with Gasteiger partial charge in [-0.05, 0) is 0 Å². The predicted molar refractivity (Wildman–Crippen MR) is 69.2 cm³/mol. The van der Waals surface area contributed by atoms with Crippen LogP contribution in [-0.4, -0.2) is 105 Å². The smallest absolute Gasteiger partial charge is 0.187 e. The van der Waals surface area contributed by atoms with Gasteiger partial charge in [-0.1, -0.05) is 0 Å². The summed E-state index contributed by atoms with van der Waals surface area (Å²) in [5.41, 5.74) is 0. The molecule has 2 rings (SSSR count). The molecule has 0 unspecified atom stereocenters. The molecular formula is C12H23NO9. The Morgan fingerprint density at radius 2 is 1.59 bits per heavy atom. The molecule has 2 fully saturated rings. The summed E-state index contributed by atoms with van der Waals surface area (Å²) in [6.45, 7) is -0.777. The third-order valence-corrected chi connectivity index (χ3v) is 4.09. The molecule has 8 N–H and O–H groups in total. The molecule has 0 saturated carbocycles. The second kappa shape index (κ2) is 7.45. The van der Waals surface area contributed by atoms with E-state index in [-0.39, 0.29) is 13.2 Å². The van der Waals surface area contributed by atoms with E-state index in [9.17, 15) is 25.5 Å². The van der Waals surface area contributed by atoms with Gasteiger partial charge in [-0.2, -0.15) is 0 Å². The standard InChI is InChI=1S/C12H23NO9/c14-2-4-1-13-11(20)10(6(4)16)22-12-9(19)8(18)7(17)5(3-15)21-12/h4-20H,1-3H2/t4-,5-,6-,7-,8+,9+,10+,11+,12-/m1/s1. The van der Waals surface area contributed by atoms with Crippen LogP contribution in [0, 0.1) is 5.92 Å². The van der Waals surface area contributed by atoms with Crippen molar-refractivity contribution in [1.82, 2.24) is 5.32 Å². The fourth-order valence-corrected chi connectivity index (χ4v) is 2.63. The van der Waals surface area contributed by atoms with E-state index < -0.39 is 61.7 Å². The summed E-state index contributed by atoms with van der Waals surface area (Å²) in [6.07, 6.45) is -11.1. The Bertz CT molecular complexity index is 357. The molecule has 0 aliphatic carbocycles. The first-order valence-corrected chi connectivity index (χ1v) is 7.07. The van der Waals surface area contributed by atoms with Crippen LogP contribution in [0.5, 0.6) is 0 Å². The Morgan fingerprint density at radius 1 is 0.909 bits per heavy atom. The fraction of sp³-hybridized carbons (Fsp3) is 1.00. The maximum Gasteiger partial charge on any atom is 0.187 e. The normalized spacial score (nSPS) is 50.0. The quantitative estimate of drug-likeness (QED) is 0.250. The lowest BCUT2D eigenvalue weighted by Crippen LogP contribution is -2.64. The van der Waals surface area contributed by atoms with Gasteiger partial charge in [0, 0.05) is 19.1 Å². The summed E-state index contributed by atoms with van der Waals surface area (Å²) in [6, 6.07) is 0. The van der Waals surface area contributed by atoms with Crippen LogP contribution < -0.4 is 5.32 Å². The van der Waals surface area contributed by atoms with Gasteiger partial charge in [-0.15, -0.1) is 0 Å². The zero-order valence-electron chi connectivity index (χ0n) is 11.8. The van der Waals surface area contributed by atoms with Crippen molar-refractivity contribution in [1.29, 1.82) is 0 Å². The molecule has 22 heavy (non-hydrogen) atoms. The maximum absolute atomic E-state index is 10.1. The number of hydrogen-bond donors (Lipinski definition) is 8. The summed E-state index contributed by atoms with van der Waals surface area (Å²) in [5, 5.41) is 70.0. The van der Waals surface area contributed by atoms with Crippen molar-refractivity contribution >= 4 is 0 Å². The molecule has 0 aromatic heterocycles. The Morgan fingerprint density at radius 3 is 2.18 bits per heavy atom. The van der Waals surface area contributed by atoms with Gasteiger partial charge < -0.3 is 45.2 Å². The van der Waals surface area contributed by atoms with Crippen LogP contribution in [0.4, 0.5) is 0 Å². The third kappa shape index (κ3) is 3.41. The molecule has 0 spiro atoms. The number of aliphatic hydroxyl groups excluding tert-OH is 7. The van der Waals surface area contributed by atoms with Crippen LogP contribution in [0.25, 0.3) is 0 Å². The van der Waals surface area contributed by atoms with Crippen LogP contribution in [0.2, 0.25) is 0 Å². The van der Waals surface area contributed by atoms with Crippen LogP contribution in [0.15, 0.2) is 0 Å². The van der Waals surface area contributed by atoms with Crippen LogP contribution in [0.3, 0.4) is 0 Å². The van der Waals surface area contributed by atoms with Gasteiger partial charge in [-0.25, -0.2) is 0 Å². The molecule has 10 heteroatoms. The second-order valence-electron chi connectivity index (χ2n) is 5.58. The molecule has 2 aliphatic rings. The minimum atomic E-state index is -1.63. The van der Waals surface area contributed by atoms with Gasteiger partial charge in [-0.3, -0.25) is 5.32 Å². The van der Waals surface area contributed by atoms with Crippen molar-refractivity contribution in [3.05, 3.63) is 0 Å².